The molecule has 2 aliphatic heterocycles. The van der Waals surface area contributed by atoms with Gasteiger partial charge in [0.1, 0.15) is 0 Å². The molecule has 0 unspecified atom stereocenters. The Balaban J connectivity index is 1.45. The van der Waals surface area contributed by atoms with Crippen LogP contribution in [0.25, 0.3) is 0 Å². The van der Waals surface area contributed by atoms with Crippen LogP contribution in [-0.4, -0.2) is 31.1 Å². The zero-order valence-corrected chi connectivity index (χ0v) is 17.5. The van der Waals surface area contributed by atoms with Crippen molar-refractivity contribution in [1.29, 1.82) is 0 Å². The van der Waals surface area contributed by atoms with E-state index >= 15 is 0 Å². The molecule has 0 saturated heterocycles. The van der Waals surface area contributed by atoms with Gasteiger partial charge in [-0.3, -0.25) is 9.80 Å². The van der Waals surface area contributed by atoms with Crippen molar-refractivity contribution in [3.63, 3.8) is 0 Å². The van der Waals surface area contributed by atoms with E-state index in [1.807, 2.05) is 41.1 Å². The number of allylic oxidation sites excluding steroid dienone is 3. The van der Waals surface area contributed by atoms with Crippen LogP contribution < -0.4 is 9.80 Å². The molecule has 2 amide bonds. The van der Waals surface area contributed by atoms with Crippen LogP contribution in [0.3, 0.4) is 0 Å². The number of hydrogen-bond acceptors (Lipinski definition) is 2. The molecule has 0 atom stereocenters. The number of hydrogen-bond donors (Lipinski definition) is 0. The number of amides is 2. The Morgan fingerprint density at radius 3 is 2.37 bits per heavy atom. The van der Waals surface area contributed by atoms with Crippen molar-refractivity contribution < 1.29 is 4.79 Å². The van der Waals surface area contributed by atoms with E-state index < -0.39 is 0 Å². The van der Waals surface area contributed by atoms with Crippen molar-refractivity contribution in [2.24, 2.45) is 0 Å². The van der Waals surface area contributed by atoms with Crippen LogP contribution in [0.1, 0.15) is 24.0 Å². The first-order valence-corrected chi connectivity index (χ1v) is 10.7. The molecule has 4 nitrogen and oxygen atoms in total. The average Bonchev–Trinajstić information content (AvgIpc) is 3.50. The molecule has 152 valence electrons. The van der Waals surface area contributed by atoms with Gasteiger partial charge in [-0.15, -0.1) is 0 Å². The second-order valence-electron chi connectivity index (χ2n) is 8.18. The molecule has 4 heteroatoms. The number of likely N-dealkylation sites (N-methyl/N-ethyl adjacent to an activating group) is 1. The van der Waals surface area contributed by atoms with Crippen molar-refractivity contribution in [3.8, 4) is 0 Å². The maximum atomic E-state index is 13.5. The highest BCUT2D eigenvalue weighted by atomic mass is 16.2. The molecule has 0 N–H and O–H groups in total. The molecule has 0 bridgehead atoms. The van der Waals surface area contributed by atoms with Gasteiger partial charge in [0.2, 0.25) is 0 Å². The number of urea groups is 1. The molecule has 5 rings (SSSR count). The van der Waals surface area contributed by atoms with E-state index in [0.29, 0.717) is 0 Å². The lowest BCUT2D eigenvalue weighted by Crippen LogP contribution is -2.40. The monoisotopic (exact) mass is 397 g/mol. The first-order valence-electron chi connectivity index (χ1n) is 10.7. The summed E-state index contributed by atoms with van der Waals surface area (Å²) in [4.78, 5) is 19.6. The number of rotatable bonds is 3. The molecular weight excluding hydrogens is 370 g/mol. The second kappa shape index (κ2) is 7.52. The van der Waals surface area contributed by atoms with Crippen molar-refractivity contribution in [2.75, 3.05) is 29.9 Å². The van der Waals surface area contributed by atoms with Gasteiger partial charge in [-0.25, -0.2) is 4.79 Å². The summed E-state index contributed by atoms with van der Waals surface area (Å²) in [5.74, 6) is 0. The fourth-order valence-corrected chi connectivity index (χ4v) is 4.97. The predicted octanol–water partition coefficient (Wildman–Crippen LogP) is 5.28. The summed E-state index contributed by atoms with van der Waals surface area (Å²) in [5, 5.41) is 0. The highest BCUT2D eigenvalue weighted by molar-refractivity contribution is 5.95. The van der Waals surface area contributed by atoms with E-state index in [1.165, 1.54) is 22.4 Å². The first kappa shape index (κ1) is 18.7. The van der Waals surface area contributed by atoms with Crippen LogP contribution in [0.5, 0.6) is 0 Å². The minimum atomic E-state index is 0.0314. The van der Waals surface area contributed by atoms with E-state index in [0.717, 1.165) is 55.7 Å². The van der Waals surface area contributed by atoms with Crippen LogP contribution in [-0.2, 0) is 12.8 Å². The zero-order chi connectivity index (χ0) is 20.7. The first-order chi connectivity index (χ1) is 14.7. The fraction of sp³-hybridized carbons (Fsp3) is 0.269. The largest absolute Gasteiger partial charge is 0.347 e. The Labute approximate surface area is 178 Å². The van der Waals surface area contributed by atoms with Crippen LogP contribution in [0.15, 0.2) is 84.2 Å². The van der Waals surface area contributed by atoms with E-state index in [-0.39, 0.29) is 6.03 Å². The van der Waals surface area contributed by atoms with Gasteiger partial charge >= 0.3 is 6.03 Å². The number of para-hydroxylation sites is 2. The molecule has 0 aromatic heterocycles. The minimum Gasteiger partial charge on any atom is -0.347 e. The number of nitrogens with zero attached hydrogens (tertiary/aromatic N) is 3. The van der Waals surface area contributed by atoms with Crippen LogP contribution in [0, 0.1) is 0 Å². The van der Waals surface area contributed by atoms with Gasteiger partial charge in [0.15, 0.2) is 0 Å². The molecular formula is C26H27N3O. The lowest BCUT2D eigenvalue weighted by atomic mass is 10.1. The molecule has 1 aliphatic carbocycles. The maximum Gasteiger partial charge on any atom is 0.328 e. The van der Waals surface area contributed by atoms with E-state index in [4.69, 9.17) is 0 Å². The summed E-state index contributed by atoms with van der Waals surface area (Å²) in [5.41, 5.74) is 8.32. The van der Waals surface area contributed by atoms with E-state index in [9.17, 15) is 4.79 Å². The van der Waals surface area contributed by atoms with Crippen molar-refractivity contribution in [3.05, 3.63) is 95.4 Å². The Morgan fingerprint density at radius 2 is 1.60 bits per heavy atom. The Morgan fingerprint density at radius 1 is 0.933 bits per heavy atom. The van der Waals surface area contributed by atoms with Gasteiger partial charge in [-0.05, 0) is 60.1 Å². The molecule has 0 fully saturated rings. The minimum absolute atomic E-state index is 0.0314. The van der Waals surface area contributed by atoms with Crippen LogP contribution in [0.4, 0.5) is 16.2 Å². The molecule has 0 spiro atoms. The van der Waals surface area contributed by atoms with Crippen molar-refractivity contribution in [2.45, 2.75) is 25.7 Å². The summed E-state index contributed by atoms with van der Waals surface area (Å²) in [6, 6.07) is 16.8. The Bertz CT molecular complexity index is 1080. The number of carbonyl (C=O) groups is 1. The average molecular weight is 398 g/mol. The summed E-state index contributed by atoms with van der Waals surface area (Å²) >= 11 is 0. The molecule has 0 saturated carbocycles. The lowest BCUT2D eigenvalue weighted by molar-refractivity contribution is 0.226. The number of fused-ring (bicyclic) bond motifs is 2. The Hall–Kier alpha value is -3.27. The third-order valence-electron chi connectivity index (χ3n) is 6.49. The zero-order valence-electron chi connectivity index (χ0n) is 17.5. The quantitative estimate of drug-likeness (QED) is 0.704. The summed E-state index contributed by atoms with van der Waals surface area (Å²) in [6.45, 7) is 5.74. The van der Waals surface area contributed by atoms with Gasteiger partial charge < -0.3 is 4.90 Å². The fourth-order valence-electron chi connectivity index (χ4n) is 4.97. The highest BCUT2D eigenvalue weighted by Crippen LogP contribution is 2.38. The number of benzene rings is 2. The van der Waals surface area contributed by atoms with Gasteiger partial charge in [0.25, 0.3) is 0 Å². The summed E-state index contributed by atoms with van der Waals surface area (Å²) < 4.78 is 0. The maximum absolute atomic E-state index is 13.5. The topological polar surface area (TPSA) is 26.8 Å². The smallest absolute Gasteiger partial charge is 0.328 e. The predicted molar refractivity (Wildman–Crippen MR) is 123 cm³/mol. The van der Waals surface area contributed by atoms with Gasteiger partial charge in [-0.2, -0.15) is 0 Å². The second-order valence-corrected chi connectivity index (χ2v) is 8.18. The van der Waals surface area contributed by atoms with Crippen molar-refractivity contribution in [1.82, 2.24) is 4.90 Å². The standard InChI is InChI=1S/C26H27N3O/c1-3-19-12-13-22(18-28-16-14-20-8-4-6-10-23(20)28)25(19)27(2)26(30)29-17-15-21-9-5-7-11-24(21)29/h3-11,18H,1,12-17H2,2H3/b22-18+. The third-order valence-corrected chi connectivity index (χ3v) is 6.49. The summed E-state index contributed by atoms with van der Waals surface area (Å²) in [7, 11) is 1.90. The Kier molecular flexibility index (Phi) is 4.70. The van der Waals surface area contributed by atoms with E-state index in [1.54, 1.807) is 0 Å². The highest BCUT2D eigenvalue weighted by Gasteiger charge is 2.32. The number of anilines is 2. The van der Waals surface area contributed by atoms with Gasteiger partial charge in [-0.1, -0.05) is 49.1 Å². The molecule has 2 heterocycles. The van der Waals surface area contributed by atoms with Crippen LogP contribution >= 0.6 is 0 Å². The molecule has 30 heavy (non-hydrogen) atoms. The molecule has 3 aliphatic rings. The molecule has 0 radical (unpaired) electrons. The van der Waals surface area contributed by atoms with Crippen LogP contribution in [0.2, 0.25) is 0 Å². The normalized spacial score (nSPS) is 18.8. The third kappa shape index (κ3) is 3.04. The van der Waals surface area contributed by atoms with Crippen molar-refractivity contribution >= 4 is 17.4 Å². The van der Waals surface area contributed by atoms with Gasteiger partial charge in [0.05, 0.1) is 5.70 Å². The molecule has 2 aromatic carbocycles. The SMILES string of the molecule is C=CC1=C(N(C)C(=O)N2CCc3ccccc32)/C(=C/N2CCc3ccccc32)CC1. The summed E-state index contributed by atoms with van der Waals surface area (Å²) in [6.07, 6.45) is 8.00. The van der Waals surface area contributed by atoms with Gasteiger partial charge in [0, 0.05) is 37.7 Å². The molecule has 2 aromatic rings. The lowest BCUT2D eigenvalue weighted by Gasteiger charge is -2.28. The number of carbonyl (C=O) groups excluding carboxylic acids is 1. The van der Waals surface area contributed by atoms with E-state index in [2.05, 4.69) is 48.0 Å².